The van der Waals surface area contributed by atoms with Gasteiger partial charge in [0.2, 0.25) is 5.91 Å². The first-order valence-electron chi connectivity index (χ1n) is 7.81. The van der Waals surface area contributed by atoms with E-state index >= 15 is 0 Å². The zero-order chi connectivity index (χ0) is 16.8. The minimum Gasteiger partial charge on any atom is -0.378 e. The second-order valence-electron chi connectivity index (χ2n) is 5.96. The summed E-state index contributed by atoms with van der Waals surface area (Å²) in [5.74, 6) is -0.287. The van der Waals surface area contributed by atoms with E-state index in [1.54, 1.807) is 4.90 Å². The van der Waals surface area contributed by atoms with Gasteiger partial charge >= 0.3 is 0 Å². The number of benzene rings is 1. The summed E-state index contributed by atoms with van der Waals surface area (Å²) in [4.78, 5) is 14.4. The number of ether oxygens (including phenoxy) is 1. The lowest BCUT2D eigenvalue weighted by atomic mass is 10.0. The molecular weight excluding hydrogens is 297 g/mol. The third kappa shape index (κ3) is 4.50. The Balaban J connectivity index is 2.05. The number of carbonyl (C=O) groups is 1. The Morgan fingerprint density at radius 2 is 2.13 bits per heavy atom. The molecule has 0 aliphatic carbocycles. The molecule has 1 aromatic rings. The Hall–Kier alpha value is -1.97. The molecule has 0 spiro atoms. The molecule has 0 aromatic heterocycles. The Morgan fingerprint density at radius 3 is 2.74 bits per heavy atom. The number of hydrogen-bond donors (Lipinski definition) is 1. The summed E-state index contributed by atoms with van der Waals surface area (Å²) in [6.07, 6.45) is 0. The van der Waals surface area contributed by atoms with Gasteiger partial charge in [-0.05, 0) is 24.1 Å². The second-order valence-corrected chi connectivity index (χ2v) is 5.96. The first-order chi connectivity index (χ1) is 11.0. The molecule has 1 atom stereocenters. The summed E-state index contributed by atoms with van der Waals surface area (Å²) in [5, 5.41) is 12.1. The third-order valence-electron chi connectivity index (χ3n) is 3.94. The lowest BCUT2D eigenvalue weighted by Crippen LogP contribution is -2.52. The molecule has 1 aliphatic heterocycles. The predicted molar refractivity (Wildman–Crippen MR) is 84.0 cm³/mol. The summed E-state index contributed by atoms with van der Waals surface area (Å²) in [5.41, 5.74) is 0.799. The fraction of sp³-hybridized carbons (Fsp3) is 0.529. The Kier molecular flexibility index (Phi) is 6.08. The van der Waals surface area contributed by atoms with Crippen LogP contribution in [0.2, 0.25) is 0 Å². The summed E-state index contributed by atoms with van der Waals surface area (Å²) in [7, 11) is 0. The van der Waals surface area contributed by atoms with Gasteiger partial charge in [-0.2, -0.15) is 5.26 Å². The Labute approximate surface area is 136 Å². The lowest BCUT2D eigenvalue weighted by Gasteiger charge is -2.32. The first kappa shape index (κ1) is 17.4. The van der Waals surface area contributed by atoms with E-state index in [0.29, 0.717) is 37.4 Å². The van der Waals surface area contributed by atoms with Crippen molar-refractivity contribution in [3.8, 4) is 6.07 Å². The molecule has 2 rings (SSSR count). The molecule has 1 aliphatic rings. The van der Waals surface area contributed by atoms with Crippen molar-refractivity contribution in [1.29, 1.82) is 5.26 Å². The molecule has 124 valence electrons. The number of nitrogens with one attached hydrogen (secondary N) is 1. The minimum absolute atomic E-state index is 0.0140. The number of nitrogens with zero attached hydrogens (tertiary/aromatic N) is 2. The molecule has 6 heteroatoms. The lowest BCUT2D eigenvalue weighted by molar-refractivity contribution is -0.138. The molecule has 1 fully saturated rings. The normalized spacial score (nSPS) is 16.2. The number of amides is 1. The van der Waals surface area contributed by atoms with E-state index < -0.39 is 6.04 Å². The molecule has 0 unspecified atom stereocenters. The predicted octanol–water partition coefficient (Wildman–Crippen LogP) is 1.67. The molecule has 0 bridgehead atoms. The molecule has 1 aromatic carbocycles. The average molecular weight is 319 g/mol. The Bertz CT molecular complexity index is 592. The van der Waals surface area contributed by atoms with Gasteiger partial charge in [0.25, 0.3) is 0 Å². The van der Waals surface area contributed by atoms with Gasteiger partial charge in [0.1, 0.15) is 5.82 Å². The summed E-state index contributed by atoms with van der Waals surface area (Å²) in [6.45, 7) is 6.39. The number of rotatable bonds is 5. The zero-order valence-corrected chi connectivity index (χ0v) is 13.5. The summed E-state index contributed by atoms with van der Waals surface area (Å²) >= 11 is 0. The van der Waals surface area contributed by atoms with Crippen molar-refractivity contribution >= 4 is 5.91 Å². The van der Waals surface area contributed by atoms with E-state index in [4.69, 9.17) is 10.00 Å². The highest BCUT2D eigenvalue weighted by molar-refractivity contribution is 5.82. The van der Waals surface area contributed by atoms with Gasteiger partial charge in [0.15, 0.2) is 0 Å². The second kappa shape index (κ2) is 8.04. The molecule has 0 saturated carbocycles. The van der Waals surface area contributed by atoms with Gasteiger partial charge in [-0.3, -0.25) is 4.79 Å². The van der Waals surface area contributed by atoms with Crippen LogP contribution >= 0.6 is 0 Å². The van der Waals surface area contributed by atoms with E-state index in [0.717, 1.165) is 0 Å². The highest BCUT2D eigenvalue weighted by Gasteiger charge is 2.28. The van der Waals surface area contributed by atoms with Crippen LogP contribution in [-0.4, -0.2) is 43.2 Å². The highest BCUT2D eigenvalue weighted by atomic mass is 19.1. The van der Waals surface area contributed by atoms with Gasteiger partial charge in [-0.15, -0.1) is 0 Å². The fourth-order valence-electron chi connectivity index (χ4n) is 2.59. The van der Waals surface area contributed by atoms with Crippen molar-refractivity contribution in [2.75, 3.05) is 26.3 Å². The molecule has 1 N–H and O–H groups in total. The summed E-state index contributed by atoms with van der Waals surface area (Å²) < 4.78 is 19.1. The van der Waals surface area contributed by atoms with E-state index in [1.807, 2.05) is 19.9 Å². The molecular formula is C17H22FN3O2. The van der Waals surface area contributed by atoms with Crippen LogP contribution in [-0.2, 0) is 16.1 Å². The number of morpholine rings is 1. The van der Waals surface area contributed by atoms with Gasteiger partial charge in [0, 0.05) is 25.2 Å². The number of nitriles is 1. The van der Waals surface area contributed by atoms with Crippen LogP contribution < -0.4 is 5.32 Å². The maximum atomic E-state index is 13.9. The van der Waals surface area contributed by atoms with Crippen molar-refractivity contribution in [3.63, 3.8) is 0 Å². The van der Waals surface area contributed by atoms with E-state index in [2.05, 4.69) is 5.32 Å². The molecule has 1 saturated heterocycles. The quantitative estimate of drug-likeness (QED) is 0.896. The van der Waals surface area contributed by atoms with Crippen molar-refractivity contribution in [2.45, 2.75) is 26.4 Å². The topological polar surface area (TPSA) is 65.4 Å². The largest absolute Gasteiger partial charge is 0.378 e. The van der Waals surface area contributed by atoms with Gasteiger partial charge < -0.3 is 15.0 Å². The molecule has 1 heterocycles. The maximum Gasteiger partial charge on any atom is 0.240 e. The van der Waals surface area contributed by atoms with Crippen molar-refractivity contribution in [2.24, 2.45) is 5.92 Å². The first-order valence-corrected chi connectivity index (χ1v) is 7.81. The van der Waals surface area contributed by atoms with Gasteiger partial charge in [-0.25, -0.2) is 4.39 Å². The van der Waals surface area contributed by atoms with E-state index in [9.17, 15) is 9.18 Å². The standard InChI is InChI=1S/C17H22FN3O2/c1-12(2)16(17(22)21-5-7-23-8-6-21)20-11-14-9-13(10-19)3-4-15(14)18/h3-4,9,12,16,20H,5-8,11H2,1-2H3/t16-/m1/s1. The smallest absolute Gasteiger partial charge is 0.240 e. The van der Waals surface area contributed by atoms with Crippen LogP contribution in [0.4, 0.5) is 4.39 Å². The monoisotopic (exact) mass is 319 g/mol. The summed E-state index contributed by atoms with van der Waals surface area (Å²) in [6, 6.07) is 5.84. The van der Waals surface area contributed by atoms with Crippen LogP contribution in [0, 0.1) is 23.1 Å². The van der Waals surface area contributed by atoms with Crippen LogP contribution in [0.3, 0.4) is 0 Å². The SMILES string of the molecule is CC(C)[C@@H](NCc1cc(C#N)ccc1F)C(=O)N1CCOCC1. The van der Waals surface area contributed by atoms with Crippen molar-refractivity contribution < 1.29 is 13.9 Å². The minimum atomic E-state index is -0.391. The van der Waals surface area contributed by atoms with Crippen LogP contribution in [0.15, 0.2) is 18.2 Å². The van der Waals surface area contributed by atoms with Crippen molar-refractivity contribution in [1.82, 2.24) is 10.2 Å². The van der Waals surface area contributed by atoms with Crippen LogP contribution in [0.5, 0.6) is 0 Å². The third-order valence-corrected chi connectivity index (χ3v) is 3.94. The van der Waals surface area contributed by atoms with E-state index in [-0.39, 0.29) is 24.2 Å². The van der Waals surface area contributed by atoms with E-state index in [1.165, 1.54) is 18.2 Å². The maximum absolute atomic E-state index is 13.9. The van der Waals surface area contributed by atoms with Crippen LogP contribution in [0.1, 0.15) is 25.0 Å². The highest BCUT2D eigenvalue weighted by Crippen LogP contribution is 2.13. The number of halogens is 1. The zero-order valence-electron chi connectivity index (χ0n) is 13.5. The fourth-order valence-corrected chi connectivity index (χ4v) is 2.59. The Morgan fingerprint density at radius 1 is 1.43 bits per heavy atom. The average Bonchev–Trinajstić information content (AvgIpc) is 2.57. The molecule has 0 radical (unpaired) electrons. The number of carbonyl (C=O) groups excluding carboxylic acids is 1. The van der Waals surface area contributed by atoms with Gasteiger partial charge in [0.05, 0.1) is 30.9 Å². The van der Waals surface area contributed by atoms with Crippen molar-refractivity contribution in [3.05, 3.63) is 35.1 Å². The number of hydrogen-bond acceptors (Lipinski definition) is 4. The van der Waals surface area contributed by atoms with Gasteiger partial charge in [-0.1, -0.05) is 13.8 Å². The molecule has 5 nitrogen and oxygen atoms in total. The molecule has 23 heavy (non-hydrogen) atoms. The molecule has 1 amide bonds. The van der Waals surface area contributed by atoms with Crippen LogP contribution in [0.25, 0.3) is 0 Å².